The minimum atomic E-state index is -0.334. The molecule has 0 saturated carbocycles. The van der Waals surface area contributed by atoms with E-state index in [0.717, 1.165) is 16.8 Å². The largest absolute Gasteiger partial charge is 0.383 e. The van der Waals surface area contributed by atoms with Gasteiger partial charge in [0.2, 0.25) is 0 Å². The molecule has 4 heterocycles. The lowest BCUT2D eigenvalue weighted by molar-refractivity contribution is 0.609. The van der Waals surface area contributed by atoms with Gasteiger partial charge in [0.25, 0.3) is 0 Å². The van der Waals surface area contributed by atoms with Crippen LogP contribution in [0, 0.1) is 5.82 Å². The molecule has 2 N–H and O–H groups in total. The Morgan fingerprint density at radius 3 is 2.86 bits per heavy atom. The standard InChI is InChI=1S/C19H15FN8/c1-11(27-10-25-19-17(18(27)21)23-9-24-19)16-14-5-4-12(20)7-15(14)28(26-16)13-3-2-6-22-8-13/h2-11H,21H2,1H3. The van der Waals surface area contributed by atoms with Gasteiger partial charge in [0.05, 0.1) is 35.5 Å². The van der Waals surface area contributed by atoms with Crippen molar-refractivity contribution in [1.82, 2.24) is 34.3 Å². The average molecular weight is 374 g/mol. The van der Waals surface area contributed by atoms with Gasteiger partial charge >= 0.3 is 0 Å². The van der Waals surface area contributed by atoms with Crippen LogP contribution < -0.4 is 5.73 Å². The minimum Gasteiger partial charge on any atom is -0.383 e. The Morgan fingerprint density at radius 2 is 2.04 bits per heavy atom. The van der Waals surface area contributed by atoms with E-state index in [-0.39, 0.29) is 11.9 Å². The summed E-state index contributed by atoms with van der Waals surface area (Å²) in [5.74, 6) is 0.606. The van der Waals surface area contributed by atoms with E-state index in [9.17, 15) is 4.39 Å². The Kier molecular flexibility index (Phi) is 3.54. The first-order valence-corrected chi connectivity index (χ1v) is 8.65. The normalized spacial score (nSPS) is 12.6. The van der Waals surface area contributed by atoms with E-state index >= 15 is 0 Å². The highest BCUT2D eigenvalue weighted by molar-refractivity contribution is 5.84. The third-order valence-electron chi connectivity index (χ3n) is 4.78. The van der Waals surface area contributed by atoms with Crippen LogP contribution in [0.2, 0.25) is 0 Å². The summed E-state index contributed by atoms with van der Waals surface area (Å²) in [5, 5.41) is 5.57. The molecule has 28 heavy (non-hydrogen) atoms. The number of pyridine rings is 1. The number of nitrogen functional groups attached to an aromatic ring is 1. The van der Waals surface area contributed by atoms with Crippen molar-refractivity contribution in [2.24, 2.45) is 0 Å². The number of imidazole rings is 1. The van der Waals surface area contributed by atoms with Crippen LogP contribution in [0.1, 0.15) is 18.7 Å². The van der Waals surface area contributed by atoms with E-state index in [1.165, 1.54) is 18.5 Å². The van der Waals surface area contributed by atoms with Crippen molar-refractivity contribution in [2.75, 3.05) is 5.73 Å². The number of hydrogen-bond acceptors (Lipinski definition) is 6. The average Bonchev–Trinajstić information content (AvgIpc) is 3.33. The maximum atomic E-state index is 14.0. The Labute approximate surface area is 158 Å². The molecule has 0 amide bonds. The van der Waals surface area contributed by atoms with Crippen LogP contribution in [0.5, 0.6) is 0 Å². The number of nitrogens with two attached hydrogens (primary N) is 1. The zero-order chi connectivity index (χ0) is 19.3. The monoisotopic (exact) mass is 374 g/mol. The molecule has 9 heteroatoms. The molecule has 8 nitrogen and oxygen atoms in total. The second kappa shape index (κ2) is 6.08. The van der Waals surface area contributed by atoms with Crippen molar-refractivity contribution < 1.29 is 4.39 Å². The van der Waals surface area contributed by atoms with E-state index in [0.29, 0.717) is 22.9 Å². The van der Waals surface area contributed by atoms with E-state index < -0.39 is 0 Å². The molecule has 0 aliphatic carbocycles. The summed E-state index contributed by atoms with van der Waals surface area (Å²) in [7, 11) is 0. The quantitative estimate of drug-likeness (QED) is 0.521. The van der Waals surface area contributed by atoms with Crippen LogP contribution in [0.4, 0.5) is 10.2 Å². The lowest BCUT2D eigenvalue weighted by Crippen LogP contribution is -2.15. The second-order valence-corrected chi connectivity index (χ2v) is 6.43. The Morgan fingerprint density at radius 1 is 1.14 bits per heavy atom. The second-order valence-electron chi connectivity index (χ2n) is 6.43. The summed E-state index contributed by atoms with van der Waals surface area (Å²) in [6, 6.07) is 8.02. The van der Waals surface area contributed by atoms with Crippen LogP contribution in [-0.4, -0.2) is 34.3 Å². The van der Waals surface area contributed by atoms with Crippen LogP contribution in [-0.2, 0) is 0 Å². The van der Waals surface area contributed by atoms with Gasteiger partial charge in [-0.05, 0) is 31.2 Å². The van der Waals surface area contributed by atoms with Crippen molar-refractivity contribution in [1.29, 1.82) is 0 Å². The SMILES string of the molecule is CC(c1nn(-c2cccnc2)c2cc(F)ccc12)n1cnc2ncnc-2c1N. The molecule has 2 aromatic heterocycles. The number of nitrogens with zero attached hydrogens (tertiary/aromatic N) is 7. The predicted molar refractivity (Wildman–Crippen MR) is 101 cm³/mol. The maximum Gasteiger partial charge on any atom is 0.184 e. The van der Waals surface area contributed by atoms with Gasteiger partial charge in [0.1, 0.15) is 23.7 Å². The Bertz CT molecular complexity index is 1260. The maximum absolute atomic E-state index is 14.0. The van der Waals surface area contributed by atoms with Gasteiger partial charge < -0.3 is 10.3 Å². The van der Waals surface area contributed by atoms with Crippen molar-refractivity contribution in [2.45, 2.75) is 13.0 Å². The molecule has 0 radical (unpaired) electrons. The van der Waals surface area contributed by atoms with Crippen LogP contribution in [0.15, 0.2) is 55.4 Å². The number of anilines is 1. The minimum absolute atomic E-state index is 0.264. The summed E-state index contributed by atoms with van der Waals surface area (Å²) >= 11 is 0. The molecule has 0 saturated heterocycles. The number of hydrogen-bond donors (Lipinski definition) is 1. The predicted octanol–water partition coefficient (Wildman–Crippen LogP) is 2.84. The van der Waals surface area contributed by atoms with Gasteiger partial charge in [-0.15, -0.1) is 0 Å². The highest BCUT2D eigenvalue weighted by Crippen LogP contribution is 2.32. The zero-order valence-corrected chi connectivity index (χ0v) is 14.9. The smallest absolute Gasteiger partial charge is 0.184 e. The summed E-state index contributed by atoms with van der Waals surface area (Å²) in [6.45, 7) is 1.96. The topological polar surface area (TPSA) is 100 Å². The Hall–Kier alpha value is -3.88. The number of rotatable bonds is 3. The third kappa shape index (κ3) is 2.40. The molecule has 0 bridgehead atoms. The molecule has 5 rings (SSSR count). The first-order chi connectivity index (χ1) is 13.6. The molecule has 1 atom stereocenters. The van der Waals surface area contributed by atoms with Crippen molar-refractivity contribution in [3.8, 4) is 17.2 Å². The Balaban J connectivity index is 1.73. The van der Waals surface area contributed by atoms with E-state index in [2.05, 4.69) is 19.9 Å². The van der Waals surface area contributed by atoms with Crippen molar-refractivity contribution in [3.63, 3.8) is 0 Å². The van der Waals surface area contributed by atoms with Gasteiger partial charge in [0, 0.05) is 17.6 Å². The highest BCUT2D eigenvalue weighted by Gasteiger charge is 2.23. The van der Waals surface area contributed by atoms with Gasteiger partial charge in [-0.1, -0.05) is 0 Å². The summed E-state index contributed by atoms with van der Waals surface area (Å²) in [5.41, 5.74) is 8.96. The molecular formula is C19H15FN8. The summed E-state index contributed by atoms with van der Waals surface area (Å²) < 4.78 is 17.4. The lowest BCUT2D eigenvalue weighted by Gasteiger charge is -2.18. The fourth-order valence-corrected chi connectivity index (χ4v) is 3.37. The molecule has 1 aromatic carbocycles. The molecule has 0 fully saturated rings. The molecule has 3 aromatic rings. The van der Waals surface area contributed by atoms with Crippen molar-refractivity contribution >= 4 is 16.7 Å². The third-order valence-corrected chi connectivity index (χ3v) is 4.78. The van der Waals surface area contributed by atoms with E-state index in [1.54, 1.807) is 34.0 Å². The first-order valence-electron chi connectivity index (χ1n) is 8.65. The molecule has 0 spiro atoms. The lowest BCUT2D eigenvalue weighted by atomic mass is 10.1. The first kappa shape index (κ1) is 16.3. The molecule has 2 aliphatic rings. The summed E-state index contributed by atoms with van der Waals surface area (Å²) in [4.78, 5) is 16.7. The number of benzene rings is 1. The number of halogens is 1. The number of aromatic nitrogens is 7. The molecule has 2 aliphatic heterocycles. The number of fused-ring (bicyclic) bond motifs is 2. The van der Waals surface area contributed by atoms with Crippen LogP contribution in [0.3, 0.4) is 0 Å². The van der Waals surface area contributed by atoms with Crippen molar-refractivity contribution in [3.05, 3.63) is 66.9 Å². The highest BCUT2D eigenvalue weighted by atomic mass is 19.1. The summed E-state index contributed by atoms with van der Waals surface area (Å²) in [6.07, 6.45) is 6.41. The van der Waals surface area contributed by atoms with E-state index in [1.807, 2.05) is 19.1 Å². The molecule has 138 valence electrons. The fourth-order valence-electron chi connectivity index (χ4n) is 3.37. The van der Waals surface area contributed by atoms with E-state index in [4.69, 9.17) is 10.8 Å². The van der Waals surface area contributed by atoms with Gasteiger partial charge in [0.15, 0.2) is 5.82 Å². The van der Waals surface area contributed by atoms with Gasteiger partial charge in [-0.3, -0.25) is 4.98 Å². The van der Waals surface area contributed by atoms with Gasteiger partial charge in [-0.2, -0.15) is 5.10 Å². The fraction of sp³-hybridized carbons (Fsp3) is 0.105. The van der Waals surface area contributed by atoms with Crippen LogP contribution >= 0.6 is 0 Å². The van der Waals surface area contributed by atoms with Gasteiger partial charge in [-0.25, -0.2) is 24.0 Å². The molecular weight excluding hydrogens is 359 g/mol. The molecule has 1 unspecified atom stereocenters. The zero-order valence-electron chi connectivity index (χ0n) is 14.9. The van der Waals surface area contributed by atoms with Crippen LogP contribution in [0.25, 0.3) is 28.1 Å².